The first-order chi connectivity index (χ1) is 9.00. The Hall–Kier alpha value is -2.15. The maximum Gasteiger partial charge on any atom is 0.419 e. The molecule has 0 fully saturated rings. The second-order valence-corrected chi connectivity index (χ2v) is 3.64. The summed E-state index contributed by atoms with van der Waals surface area (Å²) in [4.78, 5) is 7.69. The number of para-hydroxylation sites is 1. The molecule has 0 unspecified atom stereocenters. The molecule has 0 bridgehead atoms. The van der Waals surface area contributed by atoms with Crippen molar-refractivity contribution in [1.29, 1.82) is 0 Å². The van der Waals surface area contributed by atoms with Crippen LogP contribution in [0.1, 0.15) is 11.4 Å². The first-order valence-electron chi connectivity index (χ1n) is 5.36. The fraction of sp³-hybridized carbons (Fsp3) is 0.167. The zero-order chi connectivity index (χ0) is 13.9. The number of nitrogens with two attached hydrogens (primary N) is 1. The van der Waals surface area contributed by atoms with Crippen molar-refractivity contribution >= 4 is 0 Å². The Kier molecular flexibility index (Phi) is 3.66. The average Bonchev–Trinajstić information content (AvgIpc) is 2.39. The lowest BCUT2D eigenvalue weighted by Gasteiger charge is -2.12. The molecule has 2 aromatic rings. The number of hydrogen-bond donors (Lipinski definition) is 1. The van der Waals surface area contributed by atoms with Crippen molar-refractivity contribution in [3.63, 3.8) is 0 Å². The predicted octanol–water partition coefficient (Wildman–Crippen LogP) is 2.75. The molecule has 2 N–H and O–H groups in total. The Morgan fingerprint density at radius 1 is 1.11 bits per heavy atom. The van der Waals surface area contributed by atoms with Crippen molar-refractivity contribution in [2.45, 2.75) is 12.7 Å². The molecular weight excluding hydrogens is 259 g/mol. The van der Waals surface area contributed by atoms with E-state index in [1.165, 1.54) is 30.6 Å². The van der Waals surface area contributed by atoms with Gasteiger partial charge in [-0.2, -0.15) is 13.2 Å². The summed E-state index contributed by atoms with van der Waals surface area (Å²) in [6, 6.07) is 4.94. The molecule has 100 valence electrons. The molecule has 0 amide bonds. The van der Waals surface area contributed by atoms with Gasteiger partial charge in [-0.05, 0) is 12.1 Å². The van der Waals surface area contributed by atoms with Gasteiger partial charge in [-0.15, -0.1) is 0 Å². The minimum absolute atomic E-state index is 0.119. The van der Waals surface area contributed by atoms with Crippen LogP contribution in [0.25, 0.3) is 0 Å². The van der Waals surface area contributed by atoms with E-state index in [4.69, 9.17) is 10.5 Å². The van der Waals surface area contributed by atoms with E-state index in [0.29, 0.717) is 5.82 Å². The number of halogens is 3. The highest BCUT2D eigenvalue weighted by molar-refractivity contribution is 5.38. The number of aromatic nitrogens is 2. The third-order valence-corrected chi connectivity index (χ3v) is 2.28. The van der Waals surface area contributed by atoms with Crippen LogP contribution in [0.5, 0.6) is 11.5 Å². The molecule has 0 aliphatic rings. The van der Waals surface area contributed by atoms with E-state index < -0.39 is 11.7 Å². The third kappa shape index (κ3) is 3.19. The molecule has 0 aliphatic heterocycles. The first kappa shape index (κ1) is 13.3. The van der Waals surface area contributed by atoms with E-state index in [-0.39, 0.29) is 18.0 Å². The van der Waals surface area contributed by atoms with Crippen molar-refractivity contribution in [2.24, 2.45) is 5.73 Å². The van der Waals surface area contributed by atoms with Crippen LogP contribution in [0.15, 0.2) is 36.7 Å². The van der Waals surface area contributed by atoms with Gasteiger partial charge in [-0.3, -0.25) is 0 Å². The number of hydrogen-bond acceptors (Lipinski definition) is 4. The van der Waals surface area contributed by atoms with Crippen LogP contribution in [0.3, 0.4) is 0 Å². The van der Waals surface area contributed by atoms with Crippen LogP contribution >= 0.6 is 0 Å². The summed E-state index contributed by atoms with van der Waals surface area (Å²) in [5.41, 5.74) is 4.47. The second-order valence-electron chi connectivity index (χ2n) is 3.64. The molecule has 0 saturated carbocycles. The first-order valence-corrected chi connectivity index (χ1v) is 5.36. The van der Waals surface area contributed by atoms with E-state index in [2.05, 4.69) is 9.97 Å². The lowest BCUT2D eigenvalue weighted by Crippen LogP contribution is -2.07. The molecule has 2 rings (SSSR count). The topological polar surface area (TPSA) is 61.0 Å². The summed E-state index contributed by atoms with van der Waals surface area (Å²) in [7, 11) is 0. The molecule has 19 heavy (non-hydrogen) atoms. The molecule has 1 aromatic heterocycles. The van der Waals surface area contributed by atoms with Crippen molar-refractivity contribution in [2.75, 3.05) is 0 Å². The normalized spacial score (nSPS) is 11.4. The van der Waals surface area contributed by atoms with Gasteiger partial charge in [0.15, 0.2) is 5.75 Å². The van der Waals surface area contributed by atoms with Crippen LogP contribution in [0, 0.1) is 0 Å². The van der Waals surface area contributed by atoms with E-state index in [0.717, 1.165) is 6.07 Å². The minimum atomic E-state index is -4.48. The summed E-state index contributed by atoms with van der Waals surface area (Å²) in [5, 5.41) is 0. The van der Waals surface area contributed by atoms with Crippen molar-refractivity contribution in [3.05, 3.63) is 48.0 Å². The van der Waals surface area contributed by atoms with Gasteiger partial charge in [0, 0.05) is 0 Å². The van der Waals surface area contributed by atoms with Crippen molar-refractivity contribution < 1.29 is 17.9 Å². The van der Waals surface area contributed by atoms with Gasteiger partial charge in [0.25, 0.3) is 0 Å². The van der Waals surface area contributed by atoms with Gasteiger partial charge >= 0.3 is 6.18 Å². The van der Waals surface area contributed by atoms with E-state index in [1.54, 1.807) is 0 Å². The lowest BCUT2D eigenvalue weighted by atomic mass is 10.2. The van der Waals surface area contributed by atoms with Crippen LogP contribution in [0.4, 0.5) is 13.2 Å². The smallest absolute Gasteiger partial charge is 0.419 e. The maximum absolute atomic E-state index is 12.7. The highest BCUT2D eigenvalue weighted by Gasteiger charge is 2.34. The molecule has 1 aromatic carbocycles. The van der Waals surface area contributed by atoms with Crippen molar-refractivity contribution in [3.8, 4) is 11.5 Å². The van der Waals surface area contributed by atoms with Crippen LogP contribution < -0.4 is 10.5 Å². The highest BCUT2D eigenvalue weighted by Crippen LogP contribution is 2.37. The zero-order valence-corrected chi connectivity index (χ0v) is 9.69. The monoisotopic (exact) mass is 269 g/mol. The predicted molar refractivity (Wildman–Crippen MR) is 61.4 cm³/mol. The van der Waals surface area contributed by atoms with Crippen molar-refractivity contribution in [1.82, 2.24) is 9.97 Å². The Balaban J connectivity index is 2.28. The molecule has 0 spiro atoms. The van der Waals surface area contributed by atoms with Gasteiger partial charge < -0.3 is 10.5 Å². The molecule has 0 radical (unpaired) electrons. The number of nitrogens with zero attached hydrogens (tertiary/aromatic N) is 2. The Labute approximate surface area is 107 Å². The van der Waals surface area contributed by atoms with Gasteiger partial charge in [0.05, 0.1) is 24.5 Å². The van der Waals surface area contributed by atoms with Crippen LogP contribution in [-0.2, 0) is 12.7 Å². The summed E-state index contributed by atoms with van der Waals surface area (Å²) < 4.78 is 43.4. The minimum Gasteiger partial charge on any atom is -0.453 e. The number of benzene rings is 1. The Morgan fingerprint density at radius 2 is 1.74 bits per heavy atom. The number of rotatable bonds is 3. The Morgan fingerprint density at radius 3 is 2.32 bits per heavy atom. The largest absolute Gasteiger partial charge is 0.453 e. The zero-order valence-electron chi connectivity index (χ0n) is 9.69. The molecule has 1 heterocycles. The Bertz CT molecular complexity index is 555. The molecule has 0 aliphatic carbocycles. The molecule has 7 heteroatoms. The second kappa shape index (κ2) is 5.23. The van der Waals surface area contributed by atoms with Gasteiger partial charge in [-0.25, -0.2) is 9.97 Å². The molecule has 0 atom stereocenters. The number of ether oxygens (including phenoxy) is 1. The lowest BCUT2D eigenvalue weighted by molar-refractivity contribution is -0.138. The highest BCUT2D eigenvalue weighted by atomic mass is 19.4. The summed E-state index contributed by atoms with van der Waals surface area (Å²) in [6.45, 7) is 0.152. The molecule has 4 nitrogen and oxygen atoms in total. The van der Waals surface area contributed by atoms with Gasteiger partial charge in [0.1, 0.15) is 11.6 Å². The third-order valence-electron chi connectivity index (χ3n) is 2.28. The molecular formula is C12H10F3N3O. The fourth-order valence-electron chi connectivity index (χ4n) is 1.42. The summed E-state index contributed by atoms with van der Waals surface area (Å²) in [6.07, 6.45) is -1.92. The standard InChI is InChI=1S/C12H10F3N3O/c13-12(14,15)9-3-1-2-4-10(9)19-8-6-17-11(5-16)18-7-8/h1-4,6-7H,5,16H2. The summed E-state index contributed by atoms with van der Waals surface area (Å²) >= 11 is 0. The quantitative estimate of drug-likeness (QED) is 0.930. The SMILES string of the molecule is NCc1ncc(Oc2ccccc2C(F)(F)F)cn1. The van der Waals surface area contributed by atoms with E-state index >= 15 is 0 Å². The average molecular weight is 269 g/mol. The van der Waals surface area contributed by atoms with Gasteiger partial charge in [0.2, 0.25) is 0 Å². The maximum atomic E-state index is 12.7. The van der Waals surface area contributed by atoms with E-state index in [1.807, 2.05) is 0 Å². The summed E-state index contributed by atoms with van der Waals surface area (Å²) in [5.74, 6) is 0.212. The number of alkyl halides is 3. The van der Waals surface area contributed by atoms with Crippen LogP contribution in [0.2, 0.25) is 0 Å². The fourth-order valence-corrected chi connectivity index (χ4v) is 1.42. The molecule has 0 saturated heterocycles. The van der Waals surface area contributed by atoms with Crippen LogP contribution in [-0.4, -0.2) is 9.97 Å². The van der Waals surface area contributed by atoms with Gasteiger partial charge in [-0.1, -0.05) is 12.1 Å². The van der Waals surface area contributed by atoms with E-state index in [9.17, 15) is 13.2 Å².